The van der Waals surface area contributed by atoms with Crippen LogP contribution in [0.2, 0.25) is 0 Å². The number of aromatic nitrogens is 4. The molecule has 0 saturated carbocycles. The van der Waals surface area contributed by atoms with Gasteiger partial charge in [-0.25, -0.2) is 32.7 Å². The van der Waals surface area contributed by atoms with Crippen LogP contribution in [0, 0.1) is 0 Å². The minimum absolute atomic E-state index is 0.223. The maximum atomic E-state index is 12.5. The highest BCUT2D eigenvalue weighted by atomic mass is 32.2. The number of likely N-dealkylation sites (tertiary alicyclic amines) is 1. The van der Waals surface area contributed by atoms with Gasteiger partial charge in [0.25, 0.3) is 0 Å². The van der Waals surface area contributed by atoms with Gasteiger partial charge in [0.1, 0.15) is 5.82 Å². The quantitative estimate of drug-likeness (QED) is 0.578. The largest absolute Gasteiger partial charge is 0.378 e. The van der Waals surface area contributed by atoms with E-state index in [2.05, 4.69) is 19.8 Å². The average Bonchev–Trinajstić information content (AvgIpc) is 3.27. The molecule has 3 aliphatic rings. The fourth-order valence-corrected chi connectivity index (χ4v) is 7.62. The van der Waals surface area contributed by atoms with Gasteiger partial charge in [-0.2, -0.15) is 0 Å². The van der Waals surface area contributed by atoms with E-state index in [1.54, 1.807) is 26.5 Å². The van der Waals surface area contributed by atoms with E-state index in [9.17, 15) is 8.42 Å². The molecule has 0 amide bonds. The Hall–Kier alpha value is -2.06. The third-order valence-corrected chi connectivity index (χ3v) is 10.4. The number of hydrogen-bond acceptors (Lipinski definition) is 11. The summed E-state index contributed by atoms with van der Waals surface area (Å²) in [7, 11) is 0.0372. The maximum absolute atomic E-state index is 12.5. The van der Waals surface area contributed by atoms with E-state index in [0.29, 0.717) is 37.1 Å². The Morgan fingerprint density at radius 2 is 1.80 bits per heavy atom. The van der Waals surface area contributed by atoms with Crippen LogP contribution in [-0.2, 0) is 21.2 Å². The Morgan fingerprint density at radius 3 is 2.46 bits per heavy atom. The van der Waals surface area contributed by atoms with E-state index >= 15 is 0 Å². The number of morpholine rings is 1. The zero-order valence-electron chi connectivity index (χ0n) is 20.1. The Balaban J connectivity index is 1.32. The van der Waals surface area contributed by atoms with E-state index in [0.717, 1.165) is 61.1 Å². The zero-order valence-corrected chi connectivity index (χ0v) is 21.8. The lowest BCUT2D eigenvalue weighted by molar-refractivity contribution is 0.122. The second-order valence-electron chi connectivity index (χ2n) is 9.35. The minimum atomic E-state index is -3.20. The topological polar surface area (TPSA) is 131 Å². The van der Waals surface area contributed by atoms with Gasteiger partial charge in [-0.1, -0.05) is 0 Å². The number of rotatable bonds is 6. The van der Waals surface area contributed by atoms with Crippen molar-refractivity contribution in [1.29, 1.82) is 0 Å². The van der Waals surface area contributed by atoms with Crippen molar-refractivity contribution >= 4 is 33.6 Å². The molecule has 190 valence electrons. The van der Waals surface area contributed by atoms with Crippen LogP contribution in [0.4, 0.5) is 11.8 Å². The summed E-state index contributed by atoms with van der Waals surface area (Å²) in [4.78, 5) is 23.9. The van der Waals surface area contributed by atoms with Crippen LogP contribution in [-0.4, -0.2) is 108 Å². The van der Waals surface area contributed by atoms with Gasteiger partial charge < -0.3 is 20.3 Å². The van der Waals surface area contributed by atoms with Gasteiger partial charge in [0.05, 0.1) is 34.6 Å². The van der Waals surface area contributed by atoms with Crippen molar-refractivity contribution in [3.05, 3.63) is 18.1 Å². The van der Waals surface area contributed by atoms with E-state index < -0.39 is 10.0 Å². The van der Waals surface area contributed by atoms with Crippen molar-refractivity contribution in [2.45, 2.75) is 34.7 Å². The van der Waals surface area contributed by atoms with E-state index in [1.165, 1.54) is 4.31 Å². The monoisotopic (exact) mass is 520 g/mol. The molecule has 2 N–H and O–H groups in total. The summed E-state index contributed by atoms with van der Waals surface area (Å²) in [6.07, 6.45) is 5.52. The first-order chi connectivity index (χ1) is 16.8. The lowest BCUT2D eigenvalue weighted by Crippen LogP contribution is -2.44. The van der Waals surface area contributed by atoms with E-state index in [-0.39, 0.29) is 11.2 Å². The maximum Gasteiger partial charge on any atom is 0.219 e. The van der Waals surface area contributed by atoms with Crippen molar-refractivity contribution in [1.82, 2.24) is 29.1 Å². The molecule has 2 saturated heterocycles. The Kier molecular flexibility index (Phi) is 7.13. The zero-order chi connectivity index (χ0) is 24.6. The number of fused-ring (bicyclic) bond motifs is 1. The molecule has 2 fully saturated rings. The van der Waals surface area contributed by atoms with Crippen LogP contribution >= 0.6 is 11.8 Å². The molecule has 5 heterocycles. The molecule has 13 heteroatoms. The molecular formula is C22H32N8O3S2. The number of nitrogens with two attached hydrogens (primary N) is 1. The Morgan fingerprint density at radius 1 is 1.11 bits per heavy atom. The summed E-state index contributed by atoms with van der Waals surface area (Å²) in [5, 5.41) is 0.0599. The SMILES string of the molecule is CN(C)S(=O)(=O)C1CCN(CC2Cc3nc(-c4cnc(N)nc4)nc(N4CCOCC4)c3S2)CC1. The molecule has 2 aromatic rings. The third kappa shape index (κ3) is 5.24. The second-order valence-corrected chi connectivity index (χ2v) is 13.1. The van der Waals surface area contributed by atoms with Gasteiger partial charge >= 0.3 is 0 Å². The highest BCUT2D eigenvalue weighted by molar-refractivity contribution is 8.00. The molecule has 35 heavy (non-hydrogen) atoms. The molecule has 11 nitrogen and oxygen atoms in total. The molecule has 5 rings (SSSR count). The summed E-state index contributed by atoms with van der Waals surface area (Å²) in [6, 6.07) is 0. The first-order valence-electron chi connectivity index (χ1n) is 11.9. The van der Waals surface area contributed by atoms with Crippen LogP contribution in [0.15, 0.2) is 17.3 Å². The Labute approximate surface area is 210 Å². The van der Waals surface area contributed by atoms with Crippen molar-refractivity contribution in [3.63, 3.8) is 0 Å². The number of thioether (sulfide) groups is 1. The summed E-state index contributed by atoms with van der Waals surface area (Å²) in [5.74, 6) is 1.79. The highest BCUT2D eigenvalue weighted by Crippen LogP contribution is 2.43. The number of hydrogen-bond donors (Lipinski definition) is 1. The summed E-state index contributed by atoms with van der Waals surface area (Å²) in [6.45, 7) is 5.43. The molecular weight excluding hydrogens is 488 g/mol. The second kappa shape index (κ2) is 10.1. The number of ether oxygens (including phenoxy) is 1. The fraction of sp³-hybridized carbons (Fsp3) is 0.636. The van der Waals surface area contributed by atoms with Gasteiger partial charge in [-0.05, 0) is 25.9 Å². The van der Waals surface area contributed by atoms with Crippen molar-refractivity contribution in [2.75, 3.05) is 70.7 Å². The summed E-state index contributed by atoms with van der Waals surface area (Å²) >= 11 is 1.84. The average molecular weight is 521 g/mol. The standard InChI is InChI=1S/C22H32N8O3S2/c1-28(2)35(31,32)17-3-5-29(6-4-17)14-16-11-18-19(34-16)21(30-7-9-33-10-8-30)27-20(26-18)15-12-24-22(23)25-13-15/h12-13,16-17H,3-11,14H2,1-2H3,(H2,23,24,25). The van der Waals surface area contributed by atoms with Crippen LogP contribution in [0.25, 0.3) is 11.4 Å². The predicted molar refractivity (Wildman–Crippen MR) is 136 cm³/mol. The van der Waals surface area contributed by atoms with E-state index in [1.807, 2.05) is 11.8 Å². The van der Waals surface area contributed by atoms with Crippen LogP contribution in [0.3, 0.4) is 0 Å². The van der Waals surface area contributed by atoms with Crippen LogP contribution < -0.4 is 10.6 Å². The third-order valence-electron chi connectivity index (χ3n) is 6.79. The molecule has 0 radical (unpaired) electrons. The van der Waals surface area contributed by atoms with Crippen LogP contribution in [0.5, 0.6) is 0 Å². The van der Waals surface area contributed by atoms with Crippen molar-refractivity contribution in [2.24, 2.45) is 0 Å². The summed E-state index contributed by atoms with van der Waals surface area (Å²) < 4.78 is 31.9. The number of piperidine rings is 1. The van der Waals surface area contributed by atoms with Crippen LogP contribution in [0.1, 0.15) is 18.5 Å². The lowest BCUT2D eigenvalue weighted by Gasteiger charge is -2.34. The fourth-order valence-electron chi connectivity index (χ4n) is 4.82. The molecule has 0 aliphatic carbocycles. The van der Waals surface area contributed by atoms with Gasteiger partial charge in [0.2, 0.25) is 16.0 Å². The normalized spacial score (nSPS) is 22.0. The number of nitrogen functional groups attached to an aromatic ring is 1. The molecule has 3 aliphatic heterocycles. The summed E-state index contributed by atoms with van der Waals surface area (Å²) in [5.41, 5.74) is 7.46. The highest BCUT2D eigenvalue weighted by Gasteiger charge is 2.35. The number of anilines is 2. The smallest absolute Gasteiger partial charge is 0.219 e. The van der Waals surface area contributed by atoms with Gasteiger partial charge in [-0.15, -0.1) is 11.8 Å². The lowest BCUT2D eigenvalue weighted by atomic mass is 10.1. The first-order valence-corrected chi connectivity index (χ1v) is 14.3. The first kappa shape index (κ1) is 24.6. The Bertz CT molecular complexity index is 1150. The van der Waals surface area contributed by atoms with Gasteiger partial charge in [0, 0.05) is 57.8 Å². The van der Waals surface area contributed by atoms with Gasteiger partial charge in [0.15, 0.2) is 5.82 Å². The molecule has 0 spiro atoms. The van der Waals surface area contributed by atoms with Crippen molar-refractivity contribution in [3.8, 4) is 11.4 Å². The number of nitrogens with zero attached hydrogens (tertiary/aromatic N) is 7. The number of sulfonamides is 1. The molecule has 0 aromatic carbocycles. The predicted octanol–water partition coefficient (Wildman–Crippen LogP) is 0.725. The molecule has 0 bridgehead atoms. The van der Waals surface area contributed by atoms with Gasteiger partial charge in [-0.3, -0.25) is 0 Å². The molecule has 1 atom stereocenters. The van der Waals surface area contributed by atoms with Crippen molar-refractivity contribution < 1.29 is 13.2 Å². The van der Waals surface area contributed by atoms with E-state index in [4.69, 9.17) is 20.4 Å². The molecule has 1 unspecified atom stereocenters. The minimum Gasteiger partial charge on any atom is -0.378 e. The molecule has 2 aromatic heterocycles.